The number of hydrogen-bond donors (Lipinski definition) is 1. The normalized spacial score (nSPS) is 13.6. The monoisotopic (exact) mass is 348 g/mol. The van der Waals surface area contributed by atoms with E-state index in [2.05, 4.69) is 30.7 Å². The Kier molecular flexibility index (Phi) is 4.96. The first-order chi connectivity index (χ1) is 11.0. The van der Waals surface area contributed by atoms with Crippen LogP contribution in [-0.2, 0) is 15.4 Å². The maximum Gasteiger partial charge on any atom is 0.238 e. The van der Waals surface area contributed by atoms with E-state index >= 15 is 0 Å². The van der Waals surface area contributed by atoms with Crippen molar-refractivity contribution in [1.29, 1.82) is 0 Å². The molecule has 1 aromatic carbocycles. The Morgan fingerprint density at radius 1 is 1.12 bits per heavy atom. The first-order valence-electron chi connectivity index (χ1n) is 7.69. The maximum atomic E-state index is 11.4. The molecule has 6 nitrogen and oxygen atoms in total. The van der Waals surface area contributed by atoms with Crippen LogP contribution in [-0.4, -0.2) is 25.4 Å². The summed E-state index contributed by atoms with van der Waals surface area (Å²) in [6, 6.07) is 8.47. The third-order valence-electron chi connectivity index (χ3n) is 3.95. The van der Waals surface area contributed by atoms with Gasteiger partial charge in [-0.05, 0) is 30.7 Å². The summed E-state index contributed by atoms with van der Waals surface area (Å²) in [6.07, 6.45) is 1.76. The molecule has 2 N–H and O–H groups in total. The van der Waals surface area contributed by atoms with Crippen LogP contribution < -0.4 is 10.0 Å². The topological polar surface area (TPSA) is 89.2 Å². The van der Waals surface area contributed by atoms with Crippen molar-refractivity contribution in [3.63, 3.8) is 0 Å². The molecule has 0 aliphatic rings. The van der Waals surface area contributed by atoms with Crippen LogP contribution in [0.15, 0.2) is 41.4 Å². The molecule has 1 aromatic heterocycles. The number of aromatic nitrogens is 2. The summed E-state index contributed by atoms with van der Waals surface area (Å²) in [4.78, 5) is 11.1. The van der Waals surface area contributed by atoms with Gasteiger partial charge in [-0.2, -0.15) is 0 Å². The number of benzene rings is 1. The van der Waals surface area contributed by atoms with E-state index in [1.807, 2.05) is 24.9 Å². The lowest BCUT2D eigenvalue weighted by molar-refractivity contribution is 0.543. The van der Waals surface area contributed by atoms with Crippen LogP contribution in [0.3, 0.4) is 0 Å². The molecule has 0 fully saturated rings. The molecule has 24 heavy (non-hydrogen) atoms. The van der Waals surface area contributed by atoms with Crippen LogP contribution >= 0.6 is 0 Å². The number of primary sulfonamides is 1. The van der Waals surface area contributed by atoms with Gasteiger partial charge in [-0.3, -0.25) is 0 Å². The average molecular weight is 348 g/mol. The number of rotatable bonds is 4. The first kappa shape index (κ1) is 18.4. The summed E-state index contributed by atoms with van der Waals surface area (Å²) in [5.41, 5.74) is 0.845. The molecule has 2 aromatic rings. The van der Waals surface area contributed by atoms with Crippen molar-refractivity contribution < 1.29 is 8.42 Å². The molecule has 1 atom stereocenters. The van der Waals surface area contributed by atoms with Gasteiger partial charge in [0, 0.05) is 18.7 Å². The van der Waals surface area contributed by atoms with Crippen LogP contribution in [0.4, 0.5) is 5.82 Å². The molecule has 7 heteroatoms. The molecule has 1 unspecified atom stereocenters. The quantitative estimate of drug-likeness (QED) is 0.917. The zero-order valence-corrected chi connectivity index (χ0v) is 15.5. The van der Waals surface area contributed by atoms with Crippen molar-refractivity contribution in [1.82, 2.24) is 9.97 Å². The van der Waals surface area contributed by atoms with Gasteiger partial charge in [0.1, 0.15) is 11.6 Å². The summed E-state index contributed by atoms with van der Waals surface area (Å²) < 4.78 is 22.7. The average Bonchev–Trinajstić information content (AvgIpc) is 2.52. The first-order valence-corrected chi connectivity index (χ1v) is 9.24. The predicted molar refractivity (Wildman–Crippen MR) is 95.4 cm³/mol. The van der Waals surface area contributed by atoms with E-state index in [9.17, 15) is 8.42 Å². The fraction of sp³-hybridized carbons (Fsp3) is 0.412. The van der Waals surface area contributed by atoms with E-state index in [-0.39, 0.29) is 16.4 Å². The number of anilines is 1. The van der Waals surface area contributed by atoms with E-state index < -0.39 is 10.0 Å². The minimum Gasteiger partial charge on any atom is -0.353 e. The van der Waals surface area contributed by atoms with Crippen LogP contribution in [0.5, 0.6) is 0 Å². The number of nitrogens with zero attached hydrogens (tertiary/aromatic N) is 3. The molecule has 1 heterocycles. The standard InChI is InChI=1S/C17H24N4O2S/c1-12(13-6-8-14(9-7-13)24(18,22)23)21(5)15-10-11-19-16(20-15)17(2,3)4/h6-12H,1-5H3,(H2,18,22,23). The number of nitrogens with two attached hydrogens (primary N) is 1. The van der Waals surface area contributed by atoms with Gasteiger partial charge in [0.2, 0.25) is 10.0 Å². The minimum absolute atomic E-state index is 0.0160. The highest BCUT2D eigenvalue weighted by molar-refractivity contribution is 7.89. The molecule has 0 aliphatic carbocycles. The predicted octanol–water partition coefficient (Wildman–Crippen LogP) is 2.62. The SMILES string of the molecule is CC(c1ccc(S(N)(=O)=O)cc1)N(C)c1ccnc(C(C)(C)C)n1. The maximum absolute atomic E-state index is 11.4. The molecule has 0 saturated carbocycles. The second-order valence-corrected chi connectivity index (χ2v) is 8.45. The molecule has 0 aliphatic heterocycles. The van der Waals surface area contributed by atoms with Crippen molar-refractivity contribution in [3.8, 4) is 0 Å². The third kappa shape index (κ3) is 4.10. The van der Waals surface area contributed by atoms with Crippen LogP contribution in [0.1, 0.15) is 45.1 Å². The highest BCUT2D eigenvalue weighted by Gasteiger charge is 2.20. The Bertz CT molecular complexity index is 811. The lowest BCUT2D eigenvalue weighted by Gasteiger charge is -2.27. The molecule has 0 saturated heterocycles. The van der Waals surface area contributed by atoms with Crippen molar-refractivity contribution in [2.45, 2.75) is 44.0 Å². The van der Waals surface area contributed by atoms with Gasteiger partial charge in [0.25, 0.3) is 0 Å². The highest BCUT2D eigenvalue weighted by atomic mass is 32.2. The summed E-state index contributed by atoms with van der Waals surface area (Å²) in [6.45, 7) is 8.25. The summed E-state index contributed by atoms with van der Waals surface area (Å²) in [7, 11) is -1.72. The molecule has 0 spiro atoms. The van der Waals surface area contributed by atoms with Crippen LogP contribution in [0, 0.1) is 0 Å². The molecular weight excluding hydrogens is 324 g/mol. The van der Waals surface area contributed by atoms with Gasteiger partial charge in [0.05, 0.1) is 10.9 Å². The van der Waals surface area contributed by atoms with E-state index in [4.69, 9.17) is 5.14 Å². The summed E-state index contributed by atoms with van der Waals surface area (Å²) >= 11 is 0. The zero-order chi connectivity index (χ0) is 18.1. The lowest BCUT2D eigenvalue weighted by Crippen LogP contribution is -2.25. The summed E-state index contributed by atoms with van der Waals surface area (Å²) in [5.74, 6) is 1.60. The highest BCUT2D eigenvalue weighted by Crippen LogP contribution is 2.26. The van der Waals surface area contributed by atoms with Gasteiger partial charge in [-0.25, -0.2) is 23.5 Å². The minimum atomic E-state index is -3.67. The third-order valence-corrected chi connectivity index (χ3v) is 4.87. The molecule has 130 valence electrons. The zero-order valence-electron chi connectivity index (χ0n) is 14.7. The number of hydrogen-bond acceptors (Lipinski definition) is 5. The van der Waals surface area contributed by atoms with Crippen molar-refractivity contribution in [2.75, 3.05) is 11.9 Å². The Labute approximate surface area is 143 Å². The molecule has 0 amide bonds. The van der Waals surface area contributed by atoms with Gasteiger partial charge in [0.15, 0.2) is 0 Å². The van der Waals surface area contributed by atoms with E-state index in [1.165, 1.54) is 12.1 Å². The van der Waals surface area contributed by atoms with E-state index in [0.717, 1.165) is 17.2 Å². The van der Waals surface area contributed by atoms with Gasteiger partial charge in [-0.1, -0.05) is 32.9 Å². The van der Waals surface area contributed by atoms with Gasteiger partial charge in [-0.15, -0.1) is 0 Å². The molecular formula is C17H24N4O2S. The van der Waals surface area contributed by atoms with Crippen molar-refractivity contribution >= 4 is 15.8 Å². The van der Waals surface area contributed by atoms with Crippen LogP contribution in [0.2, 0.25) is 0 Å². The van der Waals surface area contributed by atoms with Gasteiger partial charge >= 0.3 is 0 Å². The molecule has 0 bridgehead atoms. The Morgan fingerprint density at radius 3 is 2.21 bits per heavy atom. The Hall–Kier alpha value is -1.99. The molecule has 2 rings (SSSR count). The van der Waals surface area contributed by atoms with Crippen molar-refractivity contribution in [2.24, 2.45) is 5.14 Å². The van der Waals surface area contributed by atoms with E-state index in [0.29, 0.717) is 0 Å². The van der Waals surface area contributed by atoms with Crippen molar-refractivity contribution in [3.05, 3.63) is 47.9 Å². The Morgan fingerprint density at radius 2 is 1.71 bits per heavy atom. The van der Waals surface area contributed by atoms with Gasteiger partial charge < -0.3 is 4.90 Å². The fourth-order valence-electron chi connectivity index (χ4n) is 2.26. The summed E-state index contributed by atoms with van der Waals surface area (Å²) in [5, 5.41) is 5.14. The van der Waals surface area contributed by atoms with E-state index in [1.54, 1.807) is 18.3 Å². The second kappa shape index (κ2) is 6.49. The smallest absolute Gasteiger partial charge is 0.238 e. The lowest BCUT2D eigenvalue weighted by atomic mass is 9.96. The largest absolute Gasteiger partial charge is 0.353 e. The second-order valence-electron chi connectivity index (χ2n) is 6.89. The number of sulfonamides is 1. The molecule has 0 radical (unpaired) electrons. The van der Waals surface area contributed by atoms with Crippen LogP contribution in [0.25, 0.3) is 0 Å². The fourth-order valence-corrected chi connectivity index (χ4v) is 2.78. The Balaban J connectivity index is 2.28.